The Hall–Kier alpha value is -3.25. The molecule has 3 aromatic rings. The van der Waals surface area contributed by atoms with Gasteiger partial charge < -0.3 is 9.80 Å². The molecule has 2 fully saturated rings. The Morgan fingerprint density at radius 2 is 1.71 bits per heavy atom. The zero-order valence-corrected chi connectivity index (χ0v) is 19.9. The Morgan fingerprint density at radius 3 is 2.47 bits per heavy atom. The number of nitrogens with zero attached hydrogens (tertiary/aromatic N) is 5. The first kappa shape index (κ1) is 22.5. The number of carbonyl (C=O) groups excluding carboxylic acids is 1. The monoisotopic (exact) mass is 455 g/mol. The Labute approximate surface area is 202 Å². The number of amides is 1. The number of anilines is 1. The van der Waals surface area contributed by atoms with Gasteiger partial charge in [-0.2, -0.15) is 0 Å². The standard InChI is InChI=1S/C28H33N5O/c1-22-9-11-24(12-10-22)27-29-14-13-26(30-27)33-15-5-8-25(21-33)28(34)32-18-16-31(17-19-32)20-23-6-3-2-4-7-23/h2-4,6-7,9-14,25H,5,8,15-21H2,1H3/t25-/m1/s1. The van der Waals surface area contributed by atoms with Crippen LogP contribution >= 0.6 is 0 Å². The number of aryl methyl sites for hydroxylation is 1. The Balaban J connectivity index is 1.19. The molecule has 34 heavy (non-hydrogen) atoms. The summed E-state index contributed by atoms with van der Waals surface area (Å²) in [5, 5.41) is 0. The molecule has 5 rings (SSSR count). The highest BCUT2D eigenvalue weighted by Gasteiger charge is 2.31. The summed E-state index contributed by atoms with van der Waals surface area (Å²) in [4.78, 5) is 29.5. The zero-order chi connectivity index (χ0) is 23.3. The summed E-state index contributed by atoms with van der Waals surface area (Å²) in [5.74, 6) is 1.99. The highest BCUT2D eigenvalue weighted by molar-refractivity contribution is 5.80. The number of hydrogen-bond acceptors (Lipinski definition) is 5. The van der Waals surface area contributed by atoms with E-state index >= 15 is 0 Å². The van der Waals surface area contributed by atoms with Crippen molar-refractivity contribution >= 4 is 11.7 Å². The second-order valence-electron chi connectivity index (χ2n) is 9.48. The van der Waals surface area contributed by atoms with Crippen LogP contribution in [0.2, 0.25) is 0 Å². The van der Waals surface area contributed by atoms with Gasteiger partial charge in [0.1, 0.15) is 5.82 Å². The molecule has 0 radical (unpaired) electrons. The molecule has 2 aromatic carbocycles. The van der Waals surface area contributed by atoms with Gasteiger partial charge in [-0.1, -0.05) is 60.2 Å². The van der Waals surface area contributed by atoms with Crippen molar-refractivity contribution < 1.29 is 4.79 Å². The zero-order valence-electron chi connectivity index (χ0n) is 19.9. The topological polar surface area (TPSA) is 52.6 Å². The first-order valence-corrected chi connectivity index (χ1v) is 12.4. The predicted octanol–water partition coefficient (Wildman–Crippen LogP) is 4.01. The van der Waals surface area contributed by atoms with E-state index in [-0.39, 0.29) is 5.92 Å². The molecule has 3 heterocycles. The lowest BCUT2D eigenvalue weighted by Gasteiger charge is -2.39. The molecule has 0 unspecified atom stereocenters. The van der Waals surface area contributed by atoms with Gasteiger partial charge in [-0.25, -0.2) is 9.97 Å². The molecule has 6 nitrogen and oxygen atoms in total. The van der Waals surface area contributed by atoms with E-state index in [1.54, 1.807) is 0 Å². The second-order valence-corrected chi connectivity index (χ2v) is 9.48. The van der Waals surface area contributed by atoms with Crippen molar-refractivity contribution in [2.24, 2.45) is 5.92 Å². The maximum atomic E-state index is 13.4. The minimum Gasteiger partial charge on any atom is -0.356 e. The number of piperidine rings is 1. The second kappa shape index (κ2) is 10.3. The van der Waals surface area contributed by atoms with Crippen molar-refractivity contribution in [2.45, 2.75) is 26.3 Å². The van der Waals surface area contributed by atoms with Gasteiger partial charge in [0.05, 0.1) is 5.92 Å². The molecule has 6 heteroatoms. The lowest BCUT2D eigenvalue weighted by Crippen LogP contribution is -2.52. The molecule has 0 bridgehead atoms. The molecular formula is C28H33N5O. The molecule has 1 atom stereocenters. The predicted molar refractivity (Wildman–Crippen MR) is 135 cm³/mol. The molecule has 2 saturated heterocycles. The molecule has 0 aliphatic carbocycles. The summed E-state index contributed by atoms with van der Waals surface area (Å²) >= 11 is 0. The fourth-order valence-electron chi connectivity index (χ4n) is 4.98. The summed E-state index contributed by atoms with van der Waals surface area (Å²) in [6.45, 7) is 8.19. The van der Waals surface area contributed by atoms with Crippen LogP contribution < -0.4 is 4.90 Å². The minimum absolute atomic E-state index is 0.0345. The van der Waals surface area contributed by atoms with Crippen molar-refractivity contribution in [3.63, 3.8) is 0 Å². The molecule has 1 amide bonds. The van der Waals surface area contributed by atoms with Crippen LogP contribution in [0.3, 0.4) is 0 Å². The van der Waals surface area contributed by atoms with E-state index in [9.17, 15) is 4.79 Å². The number of benzene rings is 2. The normalized spacial score (nSPS) is 19.3. The van der Waals surface area contributed by atoms with Gasteiger partial charge in [-0.3, -0.25) is 9.69 Å². The third kappa shape index (κ3) is 5.28. The Morgan fingerprint density at radius 1 is 0.941 bits per heavy atom. The lowest BCUT2D eigenvalue weighted by molar-refractivity contribution is -0.137. The highest BCUT2D eigenvalue weighted by atomic mass is 16.2. The van der Waals surface area contributed by atoms with Crippen LogP contribution in [0.5, 0.6) is 0 Å². The van der Waals surface area contributed by atoms with Crippen LogP contribution in [-0.2, 0) is 11.3 Å². The van der Waals surface area contributed by atoms with Crippen molar-refractivity contribution in [3.8, 4) is 11.4 Å². The van der Waals surface area contributed by atoms with E-state index in [0.717, 1.165) is 75.9 Å². The summed E-state index contributed by atoms with van der Waals surface area (Å²) in [7, 11) is 0. The van der Waals surface area contributed by atoms with Crippen LogP contribution in [0, 0.1) is 12.8 Å². The largest absolute Gasteiger partial charge is 0.356 e. The fraction of sp³-hybridized carbons (Fsp3) is 0.393. The van der Waals surface area contributed by atoms with Crippen molar-refractivity contribution in [3.05, 3.63) is 78.0 Å². The third-order valence-corrected chi connectivity index (χ3v) is 6.98. The average molecular weight is 456 g/mol. The van der Waals surface area contributed by atoms with Crippen molar-refractivity contribution in [1.29, 1.82) is 0 Å². The summed E-state index contributed by atoms with van der Waals surface area (Å²) in [5.41, 5.74) is 3.57. The number of rotatable bonds is 5. The average Bonchev–Trinajstić information content (AvgIpc) is 2.90. The number of carbonyl (C=O) groups is 1. The number of hydrogen-bond donors (Lipinski definition) is 0. The lowest BCUT2D eigenvalue weighted by atomic mass is 9.96. The molecular weight excluding hydrogens is 422 g/mol. The van der Waals surface area contributed by atoms with Crippen molar-refractivity contribution in [2.75, 3.05) is 44.2 Å². The molecule has 0 saturated carbocycles. The summed E-state index contributed by atoms with van der Waals surface area (Å²) in [6, 6.07) is 20.8. The molecule has 2 aliphatic rings. The molecule has 2 aliphatic heterocycles. The molecule has 0 N–H and O–H groups in total. The van der Waals surface area contributed by atoms with E-state index in [1.165, 1.54) is 11.1 Å². The van der Waals surface area contributed by atoms with E-state index in [0.29, 0.717) is 5.91 Å². The minimum atomic E-state index is 0.0345. The van der Waals surface area contributed by atoms with E-state index in [2.05, 4.69) is 81.2 Å². The van der Waals surface area contributed by atoms with Crippen LogP contribution in [0.4, 0.5) is 5.82 Å². The fourth-order valence-corrected chi connectivity index (χ4v) is 4.98. The van der Waals surface area contributed by atoms with Gasteiger partial charge >= 0.3 is 0 Å². The van der Waals surface area contributed by atoms with Gasteiger partial charge in [0.15, 0.2) is 5.82 Å². The van der Waals surface area contributed by atoms with Crippen molar-refractivity contribution in [1.82, 2.24) is 19.8 Å². The van der Waals surface area contributed by atoms with Crippen LogP contribution in [0.1, 0.15) is 24.0 Å². The molecule has 176 valence electrons. The Bertz CT molecular complexity index is 1090. The molecule has 1 aromatic heterocycles. The Kier molecular flexibility index (Phi) is 6.86. The van der Waals surface area contributed by atoms with Gasteiger partial charge in [-0.15, -0.1) is 0 Å². The van der Waals surface area contributed by atoms with Crippen LogP contribution in [0.15, 0.2) is 66.9 Å². The summed E-state index contributed by atoms with van der Waals surface area (Å²) < 4.78 is 0. The molecule has 0 spiro atoms. The first-order valence-electron chi connectivity index (χ1n) is 12.4. The van der Waals surface area contributed by atoms with Crippen LogP contribution in [0.25, 0.3) is 11.4 Å². The van der Waals surface area contributed by atoms with Gasteiger partial charge in [0.25, 0.3) is 0 Å². The van der Waals surface area contributed by atoms with Gasteiger partial charge in [0, 0.05) is 57.6 Å². The van der Waals surface area contributed by atoms with Gasteiger partial charge in [0.2, 0.25) is 5.91 Å². The first-order chi connectivity index (χ1) is 16.7. The van der Waals surface area contributed by atoms with Crippen LogP contribution in [-0.4, -0.2) is 64.9 Å². The van der Waals surface area contributed by atoms with E-state index < -0.39 is 0 Å². The smallest absolute Gasteiger partial charge is 0.227 e. The van der Waals surface area contributed by atoms with E-state index in [1.807, 2.05) is 12.3 Å². The van der Waals surface area contributed by atoms with E-state index in [4.69, 9.17) is 4.98 Å². The SMILES string of the molecule is Cc1ccc(-c2nccc(N3CCC[C@@H](C(=O)N4CCN(Cc5ccccc5)CC4)C3)n2)cc1. The maximum absolute atomic E-state index is 13.4. The number of aromatic nitrogens is 2. The maximum Gasteiger partial charge on any atom is 0.227 e. The summed E-state index contributed by atoms with van der Waals surface area (Å²) in [6.07, 6.45) is 3.79. The third-order valence-electron chi connectivity index (χ3n) is 6.98. The highest BCUT2D eigenvalue weighted by Crippen LogP contribution is 2.25. The quantitative estimate of drug-likeness (QED) is 0.582. The van der Waals surface area contributed by atoms with Gasteiger partial charge in [-0.05, 0) is 31.4 Å². The number of piperazine rings is 1.